The van der Waals surface area contributed by atoms with Crippen LogP contribution >= 0.6 is 0 Å². The molecule has 1 fully saturated rings. The van der Waals surface area contributed by atoms with Crippen LogP contribution in [0.1, 0.15) is 25.7 Å². The summed E-state index contributed by atoms with van der Waals surface area (Å²) >= 11 is 0. The van der Waals surface area contributed by atoms with Gasteiger partial charge in [0.2, 0.25) is 0 Å². The highest BCUT2D eigenvalue weighted by Crippen LogP contribution is 2.25. The van der Waals surface area contributed by atoms with Crippen LogP contribution in [0.5, 0.6) is 0 Å². The molecule has 0 spiro atoms. The number of anilines is 2. The van der Waals surface area contributed by atoms with Crippen molar-refractivity contribution in [1.29, 1.82) is 0 Å². The summed E-state index contributed by atoms with van der Waals surface area (Å²) in [5.74, 6) is 0. The van der Waals surface area contributed by atoms with Crippen molar-refractivity contribution >= 4 is 22.8 Å². The van der Waals surface area contributed by atoms with E-state index in [1.54, 1.807) is 12.1 Å². The molecule has 0 unspecified atom stereocenters. The molecular formula is C13H17N3O2. The van der Waals surface area contributed by atoms with Crippen molar-refractivity contribution in [1.82, 2.24) is 4.98 Å². The Morgan fingerprint density at radius 1 is 1.28 bits per heavy atom. The van der Waals surface area contributed by atoms with E-state index in [9.17, 15) is 5.11 Å². The van der Waals surface area contributed by atoms with Gasteiger partial charge in [0.15, 0.2) is 5.58 Å². The van der Waals surface area contributed by atoms with Gasteiger partial charge in [-0.3, -0.25) is 0 Å². The molecule has 0 bridgehead atoms. The highest BCUT2D eigenvalue weighted by atomic mass is 16.4. The third-order valence-corrected chi connectivity index (χ3v) is 3.44. The molecule has 1 saturated carbocycles. The molecule has 0 atom stereocenters. The van der Waals surface area contributed by atoms with E-state index >= 15 is 0 Å². The number of benzene rings is 1. The highest BCUT2D eigenvalue weighted by Gasteiger charge is 2.20. The summed E-state index contributed by atoms with van der Waals surface area (Å²) in [6.07, 6.45) is 3.42. The maximum Gasteiger partial charge on any atom is 0.295 e. The topological polar surface area (TPSA) is 84.3 Å². The third kappa shape index (κ3) is 2.26. The van der Waals surface area contributed by atoms with Crippen molar-refractivity contribution in [2.45, 2.75) is 37.8 Å². The Bertz CT molecular complexity index is 544. The van der Waals surface area contributed by atoms with Gasteiger partial charge in [0.25, 0.3) is 6.01 Å². The van der Waals surface area contributed by atoms with Gasteiger partial charge in [-0.25, -0.2) is 0 Å². The minimum absolute atomic E-state index is 0.147. The van der Waals surface area contributed by atoms with Gasteiger partial charge in [-0.2, -0.15) is 4.98 Å². The number of hydrogen-bond acceptors (Lipinski definition) is 5. The first-order valence-corrected chi connectivity index (χ1v) is 6.31. The highest BCUT2D eigenvalue weighted by molar-refractivity contribution is 5.78. The number of nitrogens with two attached hydrogens (primary N) is 1. The number of nitrogens with one attached hydrogen (secondary N) is 1. The largest absolute Gasteiger partial charge is 0.424 e. The van der Waals surface area contributed by atoms with E-state index in [0.717, 1.165) is 36.8 Å². The lowest BCUT2D eigenvalue weighted by molar-refractivity contribution is 0.125. The van der Waals surface area contributed by atoms with E-state index in [4.69, 9.17) is 10.2 Å². The molecule has 2 aromatic rings. The van der Waals surface area contributed by atoms with E-state index in [1.165, 1.54) is 0 Å². The zero-order valence-electron chi connectivity index (χ0n) is 10.1. The normalized spacial score (nSPS) is 24.3. The number of aromatic nitrogens is 1. The molecule has 0 saturated heterocycles. The second-order valence-corrected chi connectivity index (χ2v) is 4.90. The summed E-state index contributed by atoms with van der Waals surface area (Å²) in [5, 5.41) is 12.7. The number of fused-ring (bicyclic) bond motifs is 1. The summed E-state index contributed by atoms with van der Waals surface area (Å²) in [5.41, 5.74) is 7.90. The standard InChI is InChI=1S/C13H17N3O2/c14-8-1-6-12-11(7-8)16-13(18-12)15-9-2-4-10(17)5-3-9/h1,6-7,9-10,17H,2-5,14H2,(H,15,16). The molecule has 1 heterocycles. The molecule has 5 nitrogen and oxygen atoms in total. The Kier molecular flexibility index (Phi) is 2.83. The SMILES string of the molecule is Nc1ccc2oc(NC3CCC(O)CC3)nc2c1. The van der Waals surface area contributed by atoms with E-state index in [-0.39, 0.29) is 6.10 Å². The van der Waals surface area contributed by atoms with Crippen LogP contribution in [0.4, 0.5) is 11.7 Å². The summed E-state index contributed by atoms with van der Waals surface area (Å²) in [6.45, 7) is 0. The lowest BCUT2D eigenvalue weighted by Crippen LogP contribution is -2.28. The summed E-state index contributed by atoms with van der Waals surface area (Å²) in [6, 6.07) is 6.30. The molecule has 3 rings (SSSR count). The summed E-state index contributed by atoms with van der Waals surface area (Å²) in [4.78, 5) is 4.37. The third-order valence-electron chi connectivity index (χ3n) is 3.44. The van der Waals surface area contributed by atoms with E-state index < -0.39 is 0 Å². The number of nitrogen functional groups attached to an aromatic ring is 1. The smallest absolute Gasteiger partial charge is 0.295 e. The Morgan fingerprint density at radius 2 is 2.06 bits per heavy atom. The average Bonchev–Trinajstić information content (AvgIpc) is 2.73. The quantitative estimate of drug-likeness (QED) is 0.708. The van der Waals surface area contributed by atoms with E-state index in [2.05, 4.69) is 10.3 Å². The minimum Gasteiger partial charge on any atom is -0.424 e. The summed E-state index contributed by atoms with van der Waals surface area (Å²) in [7, 11) is 0. The molecule has 0 aliphatic heterocycles. The zero-order chi connectivity index (χ0) is 12.5. The van der Waals surface area contributed by atoms with Gasteiger partial charge >= 0.3 is 0 Å². The average molecular weight is 247 g/mol. The first kappa shape index (κ1) is 11.3. The fourth-order valence-electron chi connectivity index (χ4n) is 2.40. The fraction of sp³-hybridized carbons (Fsp3) is 0.462. The van der Waals surface area contributed by atoms with Crippen molar-refractivity contribution in [2.75, 3.05) is 11.1 Å². The Labute approximate surface area is 105 Å². The molecule has 18 heavy (non-hydrogen) atoms. The number of rotatable bonds is 2. The molecule has 0 amide bonds. The van der Waals surface area contributed by atoms with E-state index in [0.29, 0.717) is 17.7 Å². The lowest BCUT2D eigenvalue weighted by atomic mass is 9.93. The molecule has 1 aromatic heterocycles. The van der Waals surface area contributed by atoms with Gasteiger partial charge in [-0.05, 0) is 43.9 Å². The predicted molar refractivity (Wildman–Crippen MR) is 70.3 cm³/mol. The van der Waals surface area contributed by atoms with Crippen LogP contribution in [0.15, 0.2) is 22.6 Å². The maximum absolute atomic E-state index is 9.46. The number of aliphatic hydroxyl groups excluding tert-OH is 1. The van der Waals surface area contributed by atoms with Crippen LogP contribution in [-0.2, 0) is 0 Å². The minimum atomic E-state index is -0.147. The fourth-order valence-corrected chi connectivity index (χ4v) is 2.40. The second kappa shape index (κ2) is 4.49. The van der Waals surface area contributed by atoms with Crippen LogP contribution < -0.4 is 11.1 Å². The van der Waals surface area contributed by atoms with Crippen molar-refractivity contribution in [3.05, 3.63) is 18.2 Å². The van der Waals surface area contributed by atoms with Crippen LogP contribution in [0.2, 0.25) is 0 Å². The molecule has 0 radical (unpaired) electrons. The lowest BCUT2D eigenvalue weighted by Gasteiger charge is -2.25. The number of nitrogens with zero attached hydrogens (tertiary/aromatic N) is 1. The first-order chi connectivity index (χ1) is 8.70. The number of oxazole rings is 1. The van der Waals surface area contributed by atoms with Crippen LogP contribution in [-0.4, -0.2) is 22.2 Å². The molecular weight excluding hydrogens is 230 g/mol. The van der Waals surface area contributed by atoms with Gasteiger partial charge in [0.1, 0.15) is 5.52 Å². The summed E-state index contributed by atoms with van der Waals surface area (Å²) < 4.78 is 5.61. The monoisotopic (exact) mass is 247 g/mol. The van der Waals surface area contributed by atoms with Crippen LogP contribution in [0.25, 0.3) is 11.1 Å². The number of hydrogen-bond donors (Lipinski definition) is 3. The van der Waals surface area contributed by atoms with Crippen LogP contribution in [0, 0.1) is 0 Å². The predicted octanol–water partition coefficient (Wildman–Crippen LogP) is 2.13. The molecule has 1 aromatic carbocycles. The molecule has 1 aliphatic carbocycles. The molecule has 1 aliphatic rings. The second-order valence-electron chi connectivity index (χ2n) is 4.90. The van der Waals surface area contributed by atoms with Crippen molar-refractivity contribution in [3.63, 3.8) is 0 Å². The van der Waals surface area contributed by atoms with Crippen molar-refractivity contribution in [2.24, 2.45) is 0 Å². The maximum atomic E-state index is 9.46. The van der Waals surface area contributed by atoms with Crippen LogP contribution in [0.3, 0.4) is 0 Å². The van der Waals surface area contributed by atoms with Gasteiger partial charge in [-0.15, -0.1) is 0 Å². The van der Waals surface area contributed by atoms with E-state index in [1.807, 2.05) is 6.07 Å². The molecule has 4 N–H and O–H groups in total. The molecule has 5 heteroatoms. The Hall–Kier alpha value is -1.75. The van der Waals surface area contributed by atoms with Gasteiger partial charge in [0, 0.05) is 11.7 Å². The first-order valence-electron chi connectivity index (χ1n) is 6.31. The Morgan fingerprint density at radius 3 is 2.83 bits per heavy atom. The number of aliphatic hydroxyl groups is 1. The molecule has 96 valence electrons. The zero-order valence-corrected chi connectivity index (χ0v) is 10.1. The van der Waals surface area contributed by atoms with Gasteiger partial charge < -0.3 is 20.6 Å². The van der Waals surface area contributed by atoms with Crippen molar-refractivity contribution in [3.8, 4) is 0 Å². The van der Waals surface area contributed by atoms with Crippen molar-refractivity contribution < 1.29 is 9.52 Å². The van der Waals surface area contributed by atoms with Gasteiger partial charge in [-0.1, -0.05) is 0 Å². The van der Waals surface area contributed by atoms with Gasteiger partial charge in [0.05, 0.1) is 6.10 Å². The Balaban J connectivity index is 1.74.